The van der Waals surface area contributed by atoms with Crippen LogP contribution in [0.15, 0.2) is 0 Å². The number of nitrogens with two attached hydrogens (primary N) is 1. The Kier molecular flexibility index (Phi) is 25.0. The van der Waals surface area contributed by atoms with Crippen molar-refractivity contribution in [3.63, 3.8) is 0 Å². The standard InChI is InChI=1S/C20H42O.C4H7NO4/c1-3-5-7-9-11-12-13-15-17-19-20(21)18-16-14-10-8-6-4-2;5-2(4(8)9)1-3(6)7/h20-21H,3-19H2,1-2H3;2H,1,5H2,(H,6,7)(H,8,9). The number of hydrogen-bond acceptors (Lipinski definition) is 4. The summed E-state index contributed by atoms with van der Waals surface area (Å²) in [6.45, 7) is 4.53. The average Bonchev–Trinajstić information content (AvgIpc) is 2.69. The van der Waals surface area contributed by atoms with Gasteiger partial charge in [-0.15, -0.1) is 0 Å². The molecule has 0 bridgehead atoms. The smallest absolute Gasteiger partial charge is 0.321 e. The van der Waals surface area contributed by atoms with Crippen molar-refractivity contribution in [2.24, 2.45) is 5.73 Å². The molecule has 0 fully saturated rings. The quantitative estimate of drug-likeness (QED) is 0.178. The molecule has 180 valence electrons. The van der Waals surface area contributed by atoms with Crippen molar-refractivity contribution in [2.45, 2.75) is 142 Å². The van der Waals surface area contributed by atoms with Crippen molar-refractivity contribution < 1.29 is 24.9 Å². The second-order valence-corrected chi connectivity index (χ2v) is 8.37. The fourth-order valence-corrected chi connectivity index (χ4v) is 3.27. The largest absolute Gasteiger partial charge is 0.481 e. The molecule has 2 unspecified atom stereocenters. The number of unbranched alkanes of at least 4 members (excludes halogenated alkanes) is 13. The monoisotopic (exact) mass is 431 g/mol. The average molecular weight is 432 g/mol. The number of hydrogen-bond donors (Lipinski definition) is 4. The first-order chi connectivity index (χ1) is 14.3. The van der Waals surface area contributed by atoms with E-state index in [4.69, 9.17) is 15.9 Å². The molecular formula is C24H49NO5. The molecule has 5 N–H and O–H groups in total. The van der Waals surface area contributed by atoms with Crippen molar-refractivity contribution in [1.82, 2.24) is 0 Å². The van der Waals surface area contributed by atoms with Crippen LogP contribution in [-0.4, -0.2) is 39.4 Å². The molecule has 6 nitrogen and oxygen atoms in total. The molecule has 0 aliphatic rings. The molecule has 0 rings (SSSR count). The zero-order chi connectivity index (χ0) is 23.0. The van der Waals surface area contributed by atoms with Crippen LogP contribution in [0.25, 0.3) is 0 Å². The summed E-state index contributed by atoms with van der Waals surface area (Å²) >= 11 is 0. The highest BCUT2D eigenvalue weighted by molar-refractivity contribution is 5.80. The van der Waals surface area contributed by atoms with Crippen molar-refractivity contribution in [1.29, 1.82) is 0 Å². The van der Waals surface area contributed by atoms with Gasteiger partial charge >= 0.3 is 11.9 Å². The number of aliphatic hydroxyl groups excluding tert-OH is 1. The number of aliphatic hydroxyl groups is 1. The first kappa shape index (κ1) is 31.0. The Labute approximate surface area is 184 Å². The van der Waals surface area contributed by atoms with Gasteiger partial charge < -0.3 is 21.1 Å². The van der Waals surface area contributed by atoms with Gasteiger partial charge in [-0.1, -0.05) is 110 Å². The maximum Gasteiger partial charge on any atom is 0.321 e. The van der Waals surface area contributed by atoms with Gasteiger partial charge in [0.15, 0.2) is 0 Å². The summed E-state index contributed by atoms with van der Waals surface area (Å²) in [7, 11) is 0. The third-order valence-electron chi connectivity index (χ3n) is 5.24. The van der Waals surface area contributed by atoms with E-state index in [2.05, 4.69) is 13.8 Å². The minimum atomic E-state index is -1.29. The lowest BCUT2D eigenvalue weighted by Gasteiger charge is -2.10. The van der Waals surface area contributed by atoms with Crippen LogP contribution in [0.4, 0.5) is 0 Å². The molecule has 0 aromatic carbocycles. The summed E-state index contributed by atoms with van der Waals surface area (Å²) in [5.74, 6) is -2.50. The summed E-state index contributed by atoms with van der Waals surface area (Å²) in [5.41, 5.74) is 4.84. The summed E-state index contributed by atoms with van der Waals surface area (Å²) in [4.78, 5) is 19.6. The van der Waals surface area contributed by atoms with Crippen molar-refractivity contribution >= 4 is 11.9 Å². The zero-order valence-corrected chi connectivity index (χ0v) is 19.6. The van der Waals surface area contributed by atoms with Crippen LogP contribution in [0.3, 0.4) is 0 Å². The third-order valence-corrected chi connectivity index (χ3v) is 5.24. The molecular weight excluding hydrogens is 382 g/mol. The van der Waals surface area contributed by atoms with Gasteiger partial charge in [-0.2, -0.15) is 0 Å². The molecule has 6 heteroatoms. The molecule has 30 heavy (non-hydrogen) atoms. The Morgan fingerprint density at radius 3 is 1.27 bits per heavy atom. The van der Waals surface area contributed by atoms with Gasteiger partial charge in [0.2, 0.25) is 0 Å². The highest BCUT2D eigenvalue weighted by atomic mass is 16.4. The number of carboxylic acids is 2. The van der Waals surface area contributed by atoms with E-state index in [9.17, 15) is 14.7 Å². The summed E-state index contributed by atoms with van der Waals surface area (Å²) in [5, 5.41) is 26.0. The number of carboxylic acid groups (broad SMARTS) is 2. The number of rotatable bonds is 20. The summed E-state index contributed by atoms with van der Waals surface area (Å²) in [6.07, 6.45) is 21.8. The molecule has 0 spiro atoms. The second-order valence-electron chi connectivity index (χ2n) is 8.37. The van der Waals surface area contributed by atoms with E-state index in [1.54, 1.807) is 0 Å². The molecule has 0 aromatic rings. The van der Waals surface area contributed by atoms with Crippen molar-refractivity contribution in [3.8, 4) is 0 Å². The lowest BCUT2D eigenvalue weighted by atomic mass is 10.0. The van der Waals surface area contributed by atoms with E-state index in [0.717, 1.165) is 12.8 Å². The summed E-state index contributed by atoms with van der Waals surface area (Å²) < 4.78 is 0. The third kappa shape index (κ3) is 26.9. The topological polar surface area (TPSA) is 121 Å². The van der Waals surface area contributed by atoms with Gasteiger partial charge in [0.1, 0.15) is 6.04 Å². The van der Waals surface area contributed by atoms with Crippen LogP contribution >= 0.6 is 0 Å². The Hall–Kier alpha value is -1.14. The number of carbonyl (C=O) groups is 2. The van der Waals surface area contributed by atoms with Gasteiger partial charge in [-0.25, -0.2) is 0 Å². The van der Waals surface area contributed by atoms with Crippen LogP contribution in [0.5, 0.6) is 0 Å². The molecule has 0 saturated carbocycles. The first-order valence-electron chi connectivity index (χ1n) is 12.2. The molecule has 0 amide bonds. The summed E-state index contributed by atoms with van der Waals surface area (Å²) in [6, 6.07) is -1.29. The zero-order valence-electron chi connectivity index (χ0n) is 19.6. The Bertz CT molecular complexity index is 390. The van der Waals surface area contributed by atoms with Crippen LogP contribution in [0.1, 0.15) is 129 Å². The van der Waals surface area contributed by atoms with E-state index < -0.39 is 24.4 Å². The lowest BCUT2D eigenvalue weighted by Crippen LogP contribution is -2.32. The maximum absolute atomic E-state index is 9.95. The van der Waals surface area contributed by atoms with Crippen molar-refractivity contribution in [2.75, 3.05) is 0 Å². The number of aliphatic carboxylic acids is 2. The first-order valence-corrected chi connectivity index (χ1v) is 12.2. The molecule has 0 saturated heterocycles. The fraction of sp³-hybridized carbons (Fsp3) is 0.917. The SMILES string of the molecule is CCCCCCCCCCCC(O)CCCCCCCC.NC(CC(=O)O)C(=O)O. The highest BCUT2D eigenvalue weighted by Gasteiger charge is 2.14. The van der Waals surface area contributed by atoms with Crippen molar-refractivity contribution in [3.05, 3.63) is 0 Å². The fourth-order valence-electron chi connectivity index (χ4n) is 3.27. The lowest BCUT2D eigenvalue weighted by molar-refractivity contribution is -0.144. The van der Waals surface area contributed by atoms with Crippen LogP contribution in [0, 0.1) is 0 Å². The molecule has 0 aromatic heterocycles. The highest BCUT2D eigenvalue weighted by Crippen LogP contribution is 2.14. The second kappa shape index (κ2) is 24.1. The van der Waals surface area contributed by atoms with Gasteiger partial charge in [0.05, 0.1) is 12.5 Å². The Morgan fingerprint density at radius 1 is 0.667 bits per heavy atom. The van der Waals surface area contributed by atoms with E-state index in [0.29, 0.717) is 0 Å². The van der Waals surface area contributed by atoms with E-state index in [-0.39, 0.29) is 6.10 Å². The molecule has 0 aliphatic carbocycles. The molecule has 0 heterocycles. The minimum Gasteiger partial charge on any atom is -0.481 e. The molecule has 0 aliphatic heterocycles. The molecule has 0 radical (unpaired) electrons. The molecule has 2 atom stereocenters. The van der Waals surface area contributed by atoms with Crippen LogP contribution in [0.2, 0.25) is 0 Å². The van der Waals surface area contributed by atoms with Gasteiger partial charge in [0.25, 0.3) is 0 Å². The Morgan fingerprint density at radius 2 is 1.00 bits per heavy atom. The van der Waals surface area contributed by atoms with E-state index in [1.165, 1.54) is 96.3 Å². The predicted molar refractivity (Wildman–Crippen MR) is 124 cm³/mol. The maximum atomic E-state index is 9.95. The van der Waals surface area contributed by atoms with Gasteiger partial charge in [-0.3, -0.25) is 9.59 Å². The van der Waals surface area contributed by atoms with Crippen LogP contribution in [-0.2, 0) is 9.59 Å². The predicted octanol–water partition coefficient (Wildman–Crippen LogP) is 5.89. The normalized spacial score (nSPS) is 12.7. The Balaban J connectivity index is 0. The van der Waals surface area contributed by atoms with Gasteiger partial charge in [0, 0.05) is 0 Å². The minimum absolute atomic E-state index is 0.0271. The van der Waals surface area contributed by atoms with E-state index in [1.807, 2.05) is 0 Å². The van der Waals surface area contributed by atoms with E-state index >= 15 is 0 Å². The van der Waals surface area contributed by atoms with Crippen LogP contribution < -0.4 is 5.73 Å². The van der Waals surface area contributed by atoms with Gasteiger partial charge in [-0.05, 0) is 12.8 Å².